The van der Waals surface area contributed by atoms with Crippen molar-refractivity contribution in [1.29, 1.82) is 0 Å². The van der Waals surface area contributed by atoms with Gasteiger partial charge in [-0.3, -0.25) is 0 Å². The summed E-state index contributed by atoms with van der Waals surface area (Å²) in [6, 6.07) is 30.0. The quantitative estimate of drug-likeness (QED) is 0.404. The highest BCUT2D eigenvalue weighted by molar-refractivity contribution is 5.98. The Hall–Kier alpha value is -3.87. The monoisotopic (exact) mass is 389 g/mol. The van der Waals surface area contributed by atoms with Crippen molar-refractivity contribution < 1.29 is 9.47 Å². The van der Waals surface area contributed by atoms with E-state index in [1.165, 1.54) is 0 Å². The fourth-order valence-corrected chi connectivity index (χ4v) is 3.60. The van der Waals surface area contributed by atoms with Crippen LogP contribution in [-0.2, 0) is 9.47 Å². The minimum Gasteiger partial charge on any atom is -0.458 e. The van der Waals surface area contributed by atoms with Crippen LogP contribution in [0.2, 0.25) is 0 Å². The number of ether oxygens (including phenoxy) is 2. The molecule has 144 valence electrons. The summed E-state index contributed by atoms with van der Waals surface area (Å²) in [6.45, 7) is 0. The fourth-order valence-electron chi connectivity index (χ4n) is 3.60. The lowest BCUT2D eigenvalue weighted by Gasteiger charge is -2.28. The second kappa shape index (κ2) is 7.87. The minimum absolute atomic E-state index is 0.547. The maximum Gasteiger partial charge on any atom is 0.228 e. The van der Waals surface area contributed by atoms with E-state index < -0.39 is 6.29 Å². The molecular formula is C27H19NO2. The van der Waals surface area contributed by atoms with Crippen molar-refractivity contribution in [2.75, 3.05) is 7.11 Å². The number of methoxy groups -OCH3 is 1. The van der Waals surface area contributed by atoms with E-state index >= 15 is 0 Å². The molecule has 0 amide bonds. The third kappa shape index (κ3) is 3.34. The highest BCUT2D eigenvalue weighted by atomic mass is 16.7. The molecule has 1 aromatic heterocycles. The van der Waals surface area contributed by atoms with Gasteiger partial charge in [-0.25, -0.2) is 4.98 Å². The maximum absolute atomic E-state index is 6.31. The van der Waals surface area contributed by atoms with Gasteiger partial charge in [0.1, 0.15) is 5.76 Å². The van der Waals surface area contributed by atoms with Crippen molar-refractivity contribution in [2.24, 2.45) is 0 Å². The topological polar surface area (TPSA) is 31.4 Å². The van der Waals surface area contributed by atoms with Gasteiger partial charge in [0.25, 0.3) is 0 Å². The molecule has 1 atom stereocenters. The van der Waals surface area contributed by atoms with Gasteiger partial charge in [0.05, 0.1) is 16.8 Å². The van der Waals surface area contributed by atoms with Gasteiger partial charge in [-0.05, 0) is 24.3 Å². The number of hydrogen-bond donors (Lipinski definition) is 0. The maximum atomic E-state index is 6.31. The molecule has 1 unspecified atom stereocenters. The lowest BCUT2D eigenvalue weighted by Crippen LogP contribution is -2.16. The van der Waals surface area contributed by atoms with E-state index in [-0.39, 0.29) is 0 Å². The average Bonchev–Trinajstić information content (AvgIpc) is 2.82. The van der Waals surface area contributed by atoms with Gasteiger partial charge in [-0.1, -0.05) is 78.6 Å². The number of rotatable bonds is 2. The molecule has 0 saturated heterocycles. The van der Waals surface area contributed by atoms with E-state index in [4.69, 9.17) is 14.5 Å². The number of fused-ring (bicyclic) bond motifs is 2. The number of aromatic nitrogens is 1. The molecule has 4 aromatic rings. The van der Waals surface area contributed by atoms with Gasteiger partial charge in [0, 0.05) is 29.2 Å². The summed E-state index contributed by atoms with van der Waals surface area (Å²) in [4.78, 5) is 4.96. The van der Waals surface area contributed by atoms with E-state index in [9.17, 15) is 0 Å². The molecule has 3 nitrogen and oxygen atoms in total. The van der Waals surface area contributed by atoms with Crippen LogP contribution in [0, 0.1) is 11.8 Å². The van der Waals surface area contributed by atoms with Crippen LogP contribution in [0.4, 0.5) is 0 Å². The van der Waals surface area contributed by atoms with Crippen LogP contribution in [0.25, 0.3) is 22.2 Å². The van der Waals surface area contributed by atoms with Crippen molar-refractivity contribution in [3.63, 3.8) is 0 Å². The third-order valence-electron chi connectivity index (χ3n) is 5.05. The summed E-state index contributed by atoms with van der Waals surface area (Å²) in [5, 5.41) is 1.04. The second-order valence-corrected chi connectivity index (χ2v) is 6.99. The number of nitrogens with zero attached hydrogens (tertiary/aromatic N) is 1. The van der Waals surface area contributed by atoms with Crippen LogP contribution in [0.5, 0.6) is 0 Å². The van der Waals surface area contributed by atoms with E-state index in [0.717, 1.165) is 38.9 Å². The van der Waals surface area contributed by atoms with E-state index in [1.54, 1.807) is 7.11 Å². The Labute approximate surface area is 175 Å². The van der Waals surface area contributed by atoms with Crippen LogP contribution < -0.4 is 0 Å². The SMILES string of the molecule is COC1OC(c2ccccc2)=C(C#Cc2ccccc2)c2nc3ccccc3cc21. The molecule has 0 radical (unpaired) electrons. The Morgan fingerprint density at radius 1 is 0.833 bits per heavy atom. The van der Waals surface area contributed by atoms with Gasteiger partial charge in [0.2, 0.25) is 6.29 Å². The molecule has 0 fully saturated rings. The third-order valence-corrected chi connectivity index (χ3v) is 5.05. The Kier molecular flexibility index (Phi) is 4.77. The number of benzene rings is 3. The first-order valence-corrected chi connectivity index (χ1v) is 9.80. The largest absolute Gasteiger partial charge is 0.458 e. The van der Waals surface area contributed by atoms with Gasteiger partial charge in [-0.15, -0.1) is 0 Å². The molecule has 2 heterocycles. The number of allylic oxidation sites excluding steroid dienone is 1. The molecule has 1 aliphatic rings. The van der Waals surface area contributed by atoms with Crippen LogP contribution in [0.3, 0.4) is 0 Å². The van der Waals surface area contributed by atoms with E-state index in [0.29, 0.717) is 5.76 Å². The molecular weight excluding hydrogens is 370 g/mol. The van der Waals surface area contributed by atoms with Gasteiger partial charge in [-0.2, -0.15) is 0 Å². The van der Waals surface area contributed by atoms with E-state index in [2.05, 4.69) is 17.9 Å². The summed E-state index contributed by atoms with van der Waals surface area (Å²) in [7, 11) is 1.65. The zero-order valence-corrected chi connectivity index (χ0v) is 16.5. The van der Waals surface area contributed by atoms with Crippen molar-refractivity contribution in [3.8, 4) is 11.8 Å². The molecule has 3 aromatic carbocycles. The summed E-state index contributed by atoms with van der Waals surface area (Å²) < 4.78 is 12.0. The van der Waals surface area contributed by atoms with Crippen molar-refractivity contribution in [3.05, 3.63) is 113 Å². The van der Waals surface area contributed by atoms with Crippen LogP contribution >= 0.6 is 0 Å². The Bertz CT molecular complexity index is 1300. The molecule has 0 spiro atoms. The van der Waals surface area contributed by atoms with Gasteiger partial charge in [0.15, 0.2) is 0 Å². The number of para-hydroxylation sites is 1. The van der Waals surface area contributed by atoms with Crippen molar-refractivity contribution >= 4 is 22.2 Å². The summed E-state index contributed by atoms with van der Waals surface area (Å²) in [5.74, 6) is 7.29. The van der Waals surface area contributed by atoms with E-state index in [1.807, 2.05) is 84.9 Å². The first kappa shape index (κ1) is 18.2. The summed E-state index contributed by atoms with van der Waals surface area (Å²) >= 11 is 0. The lowest BCUT2D eigenvalue weighted by atomic mass is 9.96. The van der Waals surface area contributed by atoms with Gasteiger partial charge >= 0.3 is 0 Å². The predicted octanol–water partition coefficient (Wildman–Crippen LogP) is 5.83. The van der Waals surface area contributed by atoms with Crippen molar-refractivity contribution in [1.82, 2.24) is 4.98 Å². The van der Waals surface area contributed by atoms with Gasteiger partial charge < -0.3 is 9.47 Å². The zero-order chi connectivity index (χ0) is 20.3. The highest BCUT2D eigenvalue weighted by Crippen LogP contribution is 2.41. The standard InChI is InChI=1S/C27H19NO2/c1-29-27-23-18-21-14-8-9-15-24(21)28-25(23)22(17-16-19-10-4-2-5-11-19)26(30-27)20-12-6-3-7-13-20/h2-15,18,27H,1H3. The first-order valence-electron chi connectivity index (χ1n) is 9.80. The Morgan fingerprint density at radius 2 is 1.53 bits per heavy atom. The molecule has 30 heavy (non-hydrogen) atoms. The molecule has 3 heteroatoms. The molecule has 5 rings (SSSR count). The summed E-state index contributed by atoms with van der Waals surface area (Å²) in [5.41, 5.74) is 5.24. The molecule has 0 N–H and O–H groups in total. The number of hydrogen-bond acceptors (Lipinski definition) is 3. The Balaban J connectivity index is 1.78. The molecule has 0 saturated carbocycles. The van der Waals surface area contributed by atoms with Crippen LogP contribution in [0.1, 0.15) is 28.7 Å². The minimum atomic E-state index is -0.547. The zero-order valence-electron chi connectivity index (χ0n) is 16.5. The normalized spacial score (nSPS) is 15.2. The number of pyridine rings is 1. The fraction of sp³-hybridized carbons (Fsp3) is 0.0741. The lowest BCUT2D eigenvalue weighted by molar-refractivity contribution is -0.0770. The van der Waals surface area contributed by atoms with Crippen molar-refractivity contribution in [2.45, 2.75) is 6.29 Å². The molecule has 0 aliphatic carbocycles. The molecule has 0 bridgehead atoms. The highest BCUT2D eigenvalue weighted by Gasteiger charge is 2.30. The average molecular weight is 389 g/mol. The molecule has 1 aliphatic heterocycles. The Morgan fingerprint density at radius 3 is 2.30 bits per heavy atom. The van der Waals surface area contributed by atoms with Crippen LogP contribution in [-0.4, -0.2) is 12.1 Å². The summed E-state index contributed by atoms with van der Waals surface area (Å²) in [6.07, 6.45) is -0.547. The first-order chi connectivity index (χ1) is 14.8. The van der Waals surface area contributed by atoms with Crippen LogP contribution in [0.15, 0.2) is 91.0 Å². The second-order valence-electron chi connectivity index (χ2n) is 6.99. The predicted molar refractivity (Wildman–Crippen MR) is 119 cm³/mol. The smallest absolute Gasteiger partial charge is 0.228 e.